The van der Waals surface area contributed by atoms with Gasteiger partial charge in [-0.2, -0.15) is 0 Å². The molecule has 0 saturated heterocycles. The third kappa shape index (κ3) is 5.06. The number of nitrogens with one attached hydrogen (secondary N) is 1. The van der Waals surface area contributed by atoms with Gasteiger partial charge in [0.2, 0.25) is 10.0 Å². The van der Waals surface area contributed by atoms with Gasteiger partial charge in [-0.3, -0.25) is 0 Å². The lowest BCUT2D eigenvalue weighted by atomic mass is 10.2. The normalized spacial score (nSPS) is 10.6. The van der Waals surface area contributed by atoms with E-state index in [1.807, 2.05) is 0 Å². The number of hydrogen-bond donors (Lipinski definition) is 2. The van der Waals surface area contributed by atoms with Crippen LogP contribution in [-0.2, 0) is 16.6 Å². The highest BCUT2D eigenvalue weighted by Crippen LogP contribution is 2.04. The number of halogens is 1. The summed E-state index contributed by atoms with van der Waals surface area (Å²) in [4.78, 5) is 0. The predicted molar refractivity (Wildman–Crippen MR) is 59.8 cm³/mol. The van der Waals surface area contributed by atoms with E-state index >= 15 is 0 Å². The number of rotatable bonds is 3. The fourth-order valence-corrected chi connectivity index (χ4v) is 1.28. The number of benzene rings is 1. The zero-order valence-electron chi connectivity index (χ0n) is 7.73. The van der Waals surface area contributed by atoms with Crippen LogP contribution in [0.1, 0.15) is 5.56 Å². The van der Waals surface area contributed by atoms with Gasteiger partial charge >= 0.3 is 0 Å². The maximum absolute atomic E-state index is 10.7. The maximum atomic E-state index is 10.7. The molecule has 0 radical (unpaired) electrons. The molecule has 0 fully saturated rings. The molecule has 1 aromatic rings. The van der Waals surface area contributed by atoms with E-state index in [2.05, 4.69) is 4.72 Å². The number of anilines is 1. The highest BCUT2D eigenvalue weighted by molar-refractivity contribution is 7.88. The van der Waals surface area contributed by atoms with Crippen molar-refractivity contribution in [1.29, 1.82) is 0 Å². The van der Waals surface area contributed by atoms with E-state index in [0.717, 1.165) is 11.8 Å². The van der Waals surface area contributed by atoms with Gasteiger partial charge in [-0.15, -0.1) is 12.4 Å². The van der Waals surface area contributed by atoms with Gasteiger partial charge in [0.25, 0.3) is 0 Å². The predicted octanol–water partition coefficient (Wildman–Crippen LogP) is 0.740. The Morgan fingerprint density at radius 3 is 2.21 bits per heavy atom. The summed E-state index contributed by atoms with van der Waals surface area (Å²) in [7, 11) is -3.11. The SMILES string of the molecule is CS(=O)(=O)NCc1ccc(N)cc1.Cl. The molecule has 0 aliphatic rings. The first-order valence-corrected chi connectivity index (χ1v) is 5.65. The molecule has 1 aromatic carbocycles. The largest absolute Gasteiger partial charge is 0.399 e. The van der Waals surface area contributed by atoms with Crippen molar-refractivity contribution in [3.8, 4) is 0 Å². The van der Waals surface area contributed by atoms with E-state index in [-0.39, 0.29) is 12.4 Å². The summed E-state index contributed by atoms with van der Waals surface area (Å²) in [5, 5.41) is 0. The molecular formula is C8H13ClN2O2S. The lowest BCUT2D eigenvalue weighted by Gasteiger charge is -2.02. The Hall–Kier alpha value is -0.780. The van der Waals surface area contributed by atoms with Gasteiger partial charge < -0.3 is 5.73 Å². The Morgan fingerprint density at radius 1 is 1.29 bits per heavy atom. The molecule has 0 amide bonds. The third-order valence-electron chi connectivity index (χ3n) is 1.52. The van der Waals surface area contributed by atoms with Crippen molar-refractivity contribution in [3.05, 3.63) is 29.8 Å². The standard InChI is InChI=1S/C8H12N2O2S.ClH/c1-13(11,12)10-6-7-2-4-8(9)5-3-7;/h2-5,10H,6,9H2,1H3;1H. The number of hydrogen-bond acceptors (Lipinski definition) is 3. The van der Waals surface area contributed by atoms with Crippen LogP contribution in [-0.4, -0.2) is 14.7 Å². The van der Waals surface area contributed by atoms with Crippen molar-refractivity contribution in [2.75, 3.05) is 12.0 Å². The Balaban J connectivity index is 0.00000169. The summed E-state index contributed by atoms with van der Waals surface area (Å²) < 4.78 is 23.9. The lowest BCUT2D eigenvalue weighted by Crippen LogP contribution is -2.21. The first kappa shape index (κ1) is 13.2. The van der Waals surface area contributed by atoms with Crippen LogP contribution in [0.15, 0.2) is 24.3 Å². The summed E-state index contributed by atoms with van der Waals surface area (Å²) in [5.41, 5.74) is 7.03. The zero-order chi connectivity index (χ0) is 9.90. The van der Waals surface area contributed by atoms with Gasteiger partial charge in [-0.25, -0.2) is 13.1 Å². The molecule has 0 bridgehead atoms. The summed E-state index contributed by atoms with van der Waals surface area (Å²) in [6.45, 7) is 0.305. The van der Waals surface area contributed by atoms with Gasteiger partial charge in [0, 0.05) is 12.2 Å². The number of sulfonamides is 1. The average molecular weight is 237 g/mol. The fourth-order valence-electron chi connectivity index (χ4n) is 0.850. The number of nitrogens with two attached hydrogens (primary N) is 1. The molecule has 0 aliphatic heterocycles. The topological polar surface area (TPSA) is 72.2 Å². The minimum absolute atomic E-state index is 0. The monoisotopic (exact) mass is 236 g/mol. The molecule has 0 aliphatic carbocycles. The van der Waals surface area contributed by atoms with Crippen LogP contribution in [0.4, 0.5) is 5.69 Å². The molecule has 0 saturated carbocycles. The summed E-state index contributed by atoms with van der Waals surface area (Å²) >= 11 is 0. The minimum atomic E-state index is -3.11. The molecule has 14 heavy (non-hydrogen) atoms. The van der Waals surface area contributed by atoms with Crippen LogP contribution >= 0.6 is 12.4 Å². The lowest BCUT2D eigenvalue weighted by molar-refractivity contribution is 0.587. The molecule has 0 heterocycles. The second kappa shape index (κ2) is 5.19. The first-order valence-electron chi connectivity index (χ1n) is 3.76. The Labute approximate surface area is 90.0 Å². The molecule has 6 heteroatoms. The molecule has 4 nitrogen and oxygen atoms in total. The first-order chi connectivity index (χ1) is 5.97. The molecular weight excluding hydrogens is 224 g/mol. The van der Waals surface area contributed by atoms with Crippen LogP contribution in [0.3, 0.4) is 0 Å². The van der Waals surface area contributed by atoms with E-state index in [1.54, 1.807) is 24.3 Å². The zero-order valence-corrected chi connectivity index (χ0v) is 9.36. The van der Waals surface area contributed by atoms with Crippen LogP contribution in [0.2, 0.25) is 0 Å². The van der Waals surface area contributed by atoms with Crippen molar-refractivity contribution in [2.45, 2.75) is 6.54 Å². The summed E-state index contributed by atoms with van der Waals surface area (Å²) in [6, 6.07) is 7.04. The fraction of sp³-hybridized carbons (Fsp3) is 0.250. The van der Waals surface area contributed by atoms with Gasteiger partial charge in [-0.05, 0) is 17.7 Å². The Kier molecular flexibility index (Phi) is 4.90. The van der Waals surface area contributed by atoms with Crippen LogP contribution in [0.5, 0.6) is 0 Å². The highest BCUT2D eigenvalue weighted by Gasteiger charge is 1.99. The molecule has 0 aromatic heterocycles. The van der Waals surface area contributed by atoms with Crippen molar-refractivity contribution >= 4 is 28.1 Å². The van der Waals surface area contributed by atoms with Gasteiger partial charge in [0.05, 0.1) is 6.26 Å². The van der Waals surface area contributed by atoms with Gasteiger partial charge in [0.15, 0.2) is 0 Å². The molecule has 0 atom stereocenters. The third-order valence-corrected chi connectivity index (χ3v) is 2.19. The van der Waals surface area contributed by atoms with Crippen molar-refractivity contribution in [3.63, 3.8) is 0 Å². The molecule has 0 unspecified atom stereocenters. The molecule has 3 N–H and O–H groups in total. The highest BCUT2D eigenvalue weighted by atomic mass is 35.5. The van der Waals surface area contributed by atoms with E-state index in [1.165, 1.54) is 0 Å². The van der Waals surface area contributed by atoms with Crippen molar-refractivity contribution < 1.29 is 8.42 Å². The van der Waals surface area contributed by atoms with Gasteiger partial charge in [0.1, 0.15) is 0 Å². The van der Waals surface area contributed by atoms with Gasteiger partial charge in [-0.1, -0.05) is 12.1 Å². The summed E-state index contributed by atoms with van der Waals surface area (Å²) in [6.07, 6.45) is 1.13. The van der Waals surface area contributed by atoms with Crippen LogP contribution in [0, 0.1) is 0 Å². The molecule has 0 spiro atoms. The number of nitrogen functional groups attached to an aromatic ring is 1. The molecule has 1 rings (SSSR count). The summed E-state index contributed by atoms with van der Waals surface area (Å²) in [5.74, 6) is 0. The quantitative estimate of drug-likeness (QED) is 0.761. The maximum Gasteiger partial charge on any atom is 0.209 e. The second-order valence-electron chi connectivity index (χ2n) is 2.83. The van der Waals surface area contributed by atoms with E-state index in [0.29, 0.717) is 12.2 Å². The average Bonchev–Trinajstić information content (AvgIpc) is 2.02. The second-order valence-corrected chi connectivity index (χ2v) is 4.67. The van der Waals surface area contributed by atoms with E-state index in [4.69, 9.17) is 5.73 Å². The van der Waals surface area contributed by atoms with Crippen LogP contribution < -0.4 is 10.5 Å². The smallest absolute Gasteiger partial charge is 0.209 e. The van der Waals surface area contributed by atoms with Crippen LogP contribution in [0.25, 0.3) is 0 Å². The Morgan fingerprint density at radius 2 is 1.79 bits per heavy atom. The van der Waals surface area contributed by atoms with E-state index < -0.39 is 10.0 Å². The minimum Gasteiger partial charge on any atom is -0.399 e. The van der Waals surface area contributed by atoms with Crippen molar-refractivity contribution in [1.82, 2.24) is 4.72 Å². The van der Waals surface area contributed by atoms with Crippen molar-refractivity contribution in [2.24, 2.45) is 0 Å². The molecule has 80 valence electrons. The Bertz CT molecular complexity index is 375. The van der Waals surface area contributed by atoms with E-state index in [9.17, 15) is 8.42 Å².